The fourth-order valence-corrected chi connectivity index (χ4v) is 2.62. The molecule has 0 saturated heterocycles. The summed E-state index contributed by atoms with van der Waals surface area (Å²) in [6.07, 6.45) is 0. The molecule has 4 nitrogen and oxygen atoms in total. The third-order valence-electron chi connectivity index (χ3n) is 3.94. The number of carbonyl (C=O) groups excluding carboxylic acids is 2. The lowest BCUT2D eigenvalue weighted by Gasteiger charge is -2.26. The van der Waals surface area contributed by atoms with Gasteiger partial charge < -0.3 is 9.80 Å². The SMILES string of the molecule is CCN(Cc1ccccc1)C(=O)C(=O)N(CC)c1cccc(C)c1. The second kappa shape index (κ2) is 8.29. The Hall–Kier alpha value is -2.62. The van der Waals surface area contributed by atoms with E-state index in [4.69, 9.17) is 0 Å². The molecule has 0 N–H and O–H groups in total. The van der Waals surface area contributed by atoms with E-state index in [2.05, 4.69) is 0 Å². The van der Waals surface area contributed by atoms with Gasteiger partial charge in [0.2, 0.25) is 0 Å². The summed E-state index contributed by atoms with van der Waals surface area (Å²) >= 11 is 0. The molecular formula is C20H24N2O2. The Labute approximate surface area is 143 Å². The maximum atomic E-state index is 12.7. The lowest BCUT2D eigenvalue weighted by molar-refractivity contribution is -0.144. The van der Waals surface area contributed by atoms with Crippen LogP contribution in [-0.2, 0) is 16.1 Å². The van der Waals surface area contributed by atoms with Crippen LogP contribution in [0.25, 0.3) is 0 Å². The molecule has 0 spiro atoms. The first-order valence-electron chi connectivity index (χ1n) is 8.28. The lowest BCUT2D eigenvalue weighted by Crippen LogP contribution is -2.45. The molecule has 0 atom stereocenters. The van der Waals surface area contributed by atoms with Crippen LogP contribution in [0.2, 0.25) is 0 Å². The van der Waals surface area contributed by atoms with E-state index in [9.17, 15) is 9.59 Å². The van der Waals surface area contributed by atoms with Crippen LogP contribution in [0.1, 0.15) is 25.0 Å². The van der Waals surface area contributed by atoms with Crippen molar-refractivity contribution in [2.24, 2.45) is 0 Å². The minimum absolute atomic E-state index is 0.438. The summed E-state index contributed by atoms with van der Waals surface area (Å²) in [5.41, 5.74) is 2.83. The van der Waals surface area contributed by atoms with Crippen molar-refractivity contribution in [3.05, 3.63) is 65.7 Å². The van der Waals surface area contributed by atoms with E-state index in [1.54, 1.807) is 4.90 Å². The van der Waals surface area contributed by atoms with E-state index < -0.39 is 11.8 Å². The topological polar surface area (TPSA) is 40.6 Å². The zero-order chi connectivity index (χ0) is 17.5. The highest BCUT2D eigenvalue weighted by Gasteiger charge is 2.26. The van der Waals surface area contributed by atoms with Gasteiger partial charge in [0.25, 0.3) is 0 Å². The van der Waals surface area contributed by atoms with Crippen molar-refractivity contribution in [2.75, 3.05) is 18.0 Å². The van der Waals surface area contributed by atoms with Gasteiger partial charge in [-0.2, -0.15) is 0 Å². The van der Waals surface area contributed by atoms with Crippen molar-refractivity contribution in [1.29, 1.82) is 0 Å². The van der Waals surface area contributed by atoms with Crippen molar-refractivity contribution < 1.29 is 9.59 Å². The first-order chi connectivity index (χ1) is 11.6. The van der Waals surface area contributed by atoms with Crippen LogP contribution in [0.15, 0.2) is 54.6 Å². The van der Waals surface area contributed by atoms with Gasteiger partial charge in [0, 0.05) is 25.3 Å². The summed E-state index contributed by atoms with van der Waals surface area (Å²) in [6, 6.07) is 17.4. The normalized spacial score (nSPS) is 10.3. The molecule has 24 heavy (non-hydrogen) atoms. The van der Waals surface area contributed by atoms with E-state index in [0.29, 0.717) is 19.6 Å². The first-order valence-corrected chi connectivity index (χ1v) is 8.28. The number of hydrogen-bond donors (Lipinski definition) is 0. The van der Waals surface area contributed by atoms with Gasteiger partial charge in [-0.3, -0.25) is 9.59 Å². The zero-order valence-electron chi connectivity index (χ0n) is 14.5. The summed E-state index contributed by atoms with van der Waals surface area (Å²) in [4.78, 5) is 28.5. The third kappa shape index (κ3) is 4.22. The molecule has 0 fully saturated rings. The number of carbonyl (C=O) groups is 2. The zero-order valence-corrected chi connectivity index (χ0v) is 14.5. The number of anilines is 1. The number of likely N-dealkylation sites (N-methyl/N-ethyl adjacent to an activating group) is 2. The highest BCUT2D eigenvalue weighted by molar-refractivity contribution is 6.40. The average molecular weight is 324 g/mol. The molecule has 4 heteroatoms. The average Bonchev–Trinajstić information content (AvgIpc) is 2.60. The number of rotatable bonds is 5. The van der Waals surface area contributed by atoms with Crippen LogP contribution in [-0.4, -0.2) is 29.8 Å². The fourth-order valence-electron chi connectivity index (χ4n) is 2.62. The highest BCUT2D eigenvalue weighted by atomic mass is 16.2. The van der Waals surface area contributed by atoms with E-state index >= 15 is 0 Å². The molecular weight excluding hydrogens is 300 g/mol. The molecule has 0 aliphatic heterocycles. The quantitative estimate of drug-likeness (QED) is 0.791. The molecule has 0 unspecified atom stereocenters. The largest absolute Gasteiger partial charge is 0.330 e. The molecule has 0 bridgehead atoms. The minimum Gasteiger partial charge on any atom is -0.330 e. The Bertz CT molecular complexity index is 698. The van der Waals surface area contributed by atoms with E-state index in [-0.39, 0.29) is 0 Å². The third-order valence-corrected chi connectivity index (χ3v) is 3.94. The van der Waals surface area contributed by atoms with E-state index in [1.165, 1.54) is 4.90 Å². The molecule has 0 radical (unpaired) electrons. The summed E-state index contributed by atoms with van der Waals surface area (Å²) in [5, 5.41) is 0. The van der Waals surface area contributed by atoms with Crippen LogP contribution in [0, 0.1) is 6.92 Å². The second-order valence-electron chi connectivity index (χ2n) is 5.69. The van der Waals surface area contributed by atoms with Gasteiger partial charge >= 0.3 is 11.8 Å². The molecule has 2 rings (SSSR count). The predicted octanol–water partition coefficient (Wildman–Crippen LogP) is 3.40. The predicted molar refractivity (Wildman–Crippen MR) is 96.7 cm³/mol. The Kier molecular flexibility index (Phi) is 6.13. The van der Waals surface area contributed by atoms with Gasteiger partial charge in [-0.05, 0) is 44.0 Å². The minimum atomic E-state index is -0.485. The summed E-state index contributed by atoms with van der Waals surface area (Å²) in [5.74, 6) is -0.953. The van der Waals surface area contributed by atoms with Crippen molar-refractivity contribution in [1.82, 2.24) is 4.90 Å². The van der Waals surface area contributed by atoms with E-state index in [0.717, 1.165) is 16.8 Å². The molecule has 0 aliphatic carbocycles. The van der Waals surface area contributed by atoms with Crippen LogP contribution in [0.3, 0.4) is 0 Å². The highest BCUT2D eigenvalue weighted by Crippen LogP contribution is 2.17. The van der Waals surface area contributed by atoms with Gasteiger partial charge in [-0.1, -0.05) is 42.5 Å². The van der Waals surface area contributed by atoms with Crippen molar-refractivity contribution in [2.45, 2.75) is 27.3 Å². The Morgan fingerprint density at radius 2 is 1.58 bits per heavy atom. The number of hydrogen-bond acceptors (Lipinski definition) is 2. The van der Waals surface area contributed by atoms with Gasteiger partial charge in [0.15, 0.2) is 0 Å². The molecule has 2 aromatic rings. The van der Waals surface area contributed by atoms with Gasteiger partial charge in [-0.25, -0.2) is 0 Å². The fraction of sp³-hybridized carbons (Fsp3) is 0.300. The molecule has 2 amide bonds. The lowest BCUT2D eigenvalue weighted by atomic mass is 10.2. The number of nitrogens with zero attached hydrogens (tertiary/aromatic N) is 2. The Morgan fingerprint density at radius 1 is 0.875 bits per heavy atom. The van der Waals surface area contributed by atoms with Crippen molar-refractivity contribution in [3.8, 4) is 0 Å². The molecule has 126 valence electrons. The van der Waals surface area contributed by atoms with Crippen LogP contribution >= 0.6 is 0 Å². The van der Waals surface area contributed by atoms with Crippen LogP contribution < -0.4 is 4.90 Å². The summed E-state index contributed by atoms with van der Waals surface area (Å²) < 4.78 is 0. The standard InChI is InChI=1S/C20H24N2O2/c1-4-21(15-17-11-7-6-8-12-17)19(23)20(24)22(5-2)18-13-9-10-16(3)14-18/h6-14H,4-5,15H2,1-3H3. The first kappa shape index (κ1) is 17.7. The molecule has 2 aromatic carbocycles. The van der Waals surface area contributed by atoms with Crippen molar-refractivity contribution in [3.63, 3.8) is 0 Å². The Morgan fingerprint density at radius 3 is 2.17 bits per heavy atom. The monoisotopic (exact) mass is 324 g/mol. The number of benzene rings is 2. The van der Waals surface area contributed by atoms with Crippen LogP contribution in [0.5, 0.6) is 0 Å². The Balaban J connectivity index is 2.17. The van der Waals surface area contributed by atoms with Gasteiger partial charge in [0.1, 0.15) is 0 Å². The molecule has 0 heterocycles. The number of aryl methyl sites for hydroxylation is 1. The van der Waals surface area contributed by atoms with Gasteiger partial charge in [0.05, 0.1) is 0 Å². The van der Waals surface area contributed by atoms with Gasteiger partial charge in [-0.15, -0.1) is 0 Å². The molecule has 0 aliphatic rings. The van der Waals surface area contributed by atoms with Crippen LogP contribution in [0.4, 0.5) is 5.69 Å². The molecule has 0 aromatic heterocycles. The van der Waals surface area contributed by atoms with E-state index in [1.807, 2.05) is 75.4 Å². The van der Waals surface area contributed by atoms with Crippen molar-refractivity contribution >= 4 is 17.5 Å². The number of amides is 2. The maximum absolute atomic E-state index is 12.7. The summed E-state index contributed by atoms with van der Waals surface area (Å²) in [6.45, 7) is 7.12. The smallest absolute Gasteiger partial charge is 0.316 e. The summed E-state index contributed by atoms with van der Waals surface area (Å²) in [7, 11) is 0. The second-order valence-corrected chi connectivity index (χ2v) is 5.69. The molecule has 0 saturated carbocycles. The maximum Gasteiger partial charge on any atom is 0.316 e.